The third-order valence-electron chi connectivity index (χ3n) is 4.21. The molecule has 0 aliphatic heterocycles. The number of hydrogen-bond acceptors (Lipinski definition) is 4. The van der Waals surface area contributed by atoms with Crippen molar-refractivity contribution in [2.45, 2.75) is 49.7 Å². The van der Waals surface area contributed by atoms with Crippen LogP contribution in [0.15, 0.2) is 39.8 Å². The van der Waals surface area contributed by atoms with Gasteiger partial charge in [0.15, 0.2) is 5.82 Å². The number of aliphatic hydroxyl groups excluding tert-OH is 1. The first-order valence-electron chi connectivity index (χ1n) is 8.29. The van der Waals surface area contributed by atoms with E-state index in [1.807, 2.05) is 40.0 Å². The average molecular weight is 380 g/mol. The number of nitrogens with zero attached hydrogens (tertiary/aromatic N) is 1. The number of halogens is 1. The number of carbonyl (C=O) groups excluding carboxylic acids is 1. The number of amides is 1. The van der Waals surface area contributed by atoms with Crippen molar-refractivity contribution >= 4 is 27.6 Å². The van der Waals surface area contributed by atoms with Gasteiger partial charge in [-0.25, -0.2) is 4.39 Å². The summed E-state index contributed by atoms with van der Waals surface area (Å²) >= 11 is 0. The zero-order valence-electron chi connectivity index (χ0n) is 15.7. The second-order valence-corrected chi connectivity index (χ2v) is 9.75. The molecule has 1 aromatic carbocycles. The van der Waals surface area contributed by atoms with Crippen LogP contribution < -0.4 is 5.32 Å². The fourth-order valence-electron chi connectivity index (χ4n) is 2.40. The molecule has 26 heavy (non-hydrogen) atoms. The first-order valence-corrected chi connectivity index (χ1v) is 9.58. The van der Waals surface area contributed by atoms with Crippen LogP contribution in [-0.2, 0) is 10.2 Å². The molecule has 1 aromatic heterocycles. The van der Waals surface area contributed by atoms with Crippen LogP contribution in [0.3, 0.4) is 0 Å². The number of aromatic nitrogens is 1. The van der Waals surface area contributed by atoms with Gasteiger partial charge in [0.25, 0.3) is 0 Å². The van der Waals surface area contributed by atoms with Crippen LogP contribution in [0.5, 0.6) is 0 Å². The number of rotatable bonds is 6. The van der Waals surface area contributed by atoms with Gasteiger partial charge < -0.3 is 14.9 Å². The Morgan fingerprint density at radius 1 is 1.31 bits per heavy atom. The second kappa shape index (κ2) is 7.72. The van der Waals surface area contributed by atoms with Crippen LogP contribution in [0, 0.1) is 5.82 Å². The van der Waals surface area contributed by atoms with Crippen LogP contribution in [-0.4, -0.2) is 32.9 Å². The van der Waals surface area contributed by atoms with Crippen LogP contribution in [0.4, 0.5) is 10.2 Å². The van der Waals surface area contributed by atoms with Gasteiger partial charge in [-0.3, -0.25) is 4.79 Å². The molecular formula is C19H25FN2O3S. The minimum Gasteiger partial charge on any atom is -0.395 e. The predicted molar refractivity (Wildman–Crippen MR) is 103 cm³/mol. The third-order valence-corrected chi connectivity index (χ3v) is 6.75. The normalized spacial score (nSPS) is 13.7. The lowest BCUT2D eigenvalue weighted by atomic mass is 9.92. The van der Waals surface area contributed by atoms with Crippen molar-refractivity contribution < 1.29 is 18.8 Å². The molecule has 0 saturated carbocycles. The molecule has 0 aliphatic carbocycles. The van der Waals surface area contributed by atoms with E-state index >= 15 is 0 Å². The average Bonchev–Trinajstić information content (AvgIpc) is 3.06. The van der Waals surface area contributed by atoms with E-state index in [2.05, 4.69) is 10.5 Å². The van der Waals surface area contributed by atoms with Crippen molar-refractivity contribution in [3.8, 4) is 0 Å². The molecule has 1 heterocycles. The van der Waals surface area contributed by atoms with Crippen LogP contribution in [0.2, 0.25) is 0 Å². The number of carbonyl (C=O) groups is 1. The molecule has 0 fully saturated rings. The van der Waals surface area contributed by atoms with E-state index in [4.69, 9.17) is 4.52 Å². The van der Waals surface area contributed by atoms with Gasteiger partial charge >= 0.3 is 0 Å². The van der Waals surface area contributed by atoms with Crippen molar-refractivity contribution in [1.82, 2.24) is 5.16 Å². The number of aliphatic hydroxyl groups is 1. The fourth-order valence-corrected chi connectivity index (χ4v) is 4.53. The summed E-state index contributed by atoms with van der Waals surface area (Å²) in [6.07, 6.45) is 0. The third kappa shape index (κ3) is 4.22. The Balaban J connectivity index is 2.23. The first kappa shape index (κ1) is 20.3. The summed E-state index contributed by atoms with van der Waals surface area (Å²) in [6.45, 7) is 9.11. The number of hydrogen-bond donors (Lipinski definition) is 2. The molecule has 0 bridgehead atoms. The van der Waals surface area contributed by atoms with E-state index in [-0.39, 0.29) is 18.3 Å². The van der Waals surface area contributed by atoms with Gasteiger partial charge in [0.05, 0.1) is 11.4 Å². The molecule has 7 heteroatoms. The maximum Gasteiger partial charge on any atom is 0.241 e. The van der Waals surface area contributed by atoms with Gasteiger partial charge in [0, 0.05) is 16.4 Å². The maximum absolute atomic E-state index is 13.2. The minimum atomic E-state index is -0.766. The summed E-state index contributed by atoms with van der Waals surface area (Å²) < 4.78 is 17.7. The summed E-state index contributed by atoms with van der Waals surface area (Å²) in [7, 11) is -0.531. The molecular weight excluding hydrogens is 355 g/mol. The van der Waals surface area contributed by atoms with Crippen molar-refractivity contribution in [2.24, 2.45) is 0 Å². The minimum absolute atomic E-state index is 0.0973. The Bertz CT molecular complexity index is 810. The van der Waals surface area contributed by atoms with Crippen molar-refractivity contribution in [3.05, 3.63) is 41.9 Å². The summed E-state index contributed by atoms with van der Waals surface area (Å²) in [6, 6.07) is 7.81. The molecule has 0 radical (unpaired) electrons. The molecule has 2 aromatic rings. The molecule has 142 valence electrons. The fraction of sp³-hybridized carbons (Fsp3) is 0.421. The highest BCUT2D eigenvalue weighted by atomic mass is 32.2. The standard InChI is InChI=1S/C19H25FN2O3S/c1-6-26(14-9-7-13(20)8-10-14)19(4,5)17(24)21-16-11-15(25-22-16)18(2,3)12-23/h6-11,23H,12H2,1-5H3,(H,21,22,24). The first-order chi connectivity index (χ1) is 12.1. The van der Waals surface area contributed by atoms with Gasteiger partial charge in [0.1, 0.15) is 11.6 Å². The van der Waals surface area contributed by atoms with Gasteiger partial charge in [0.2, 0.25) is 5.91 Å². The smallest absolute Gasteiger partial charge is 0.241 e. The van der Waals surface area contributed by atoms with Gasteiger partial charge in [-0.05, 0) is 45.0 Å². The summed E-state index contributed by atoms with van der Waals surface area (Å²) in [5, 5.41) is 18.0. The largest absolute Gasteiger partial charge is 0.395 e. The van der Waals surface area contributed by atoms with Crippen LogP contribution >= 0.6 is 10.5 Å². The monoisotopic (exact) mass is 380 g/mol. The van der Waals surface area contributed by atoms with Crippen LogP contribution in [0.1, 0.15) is 40.4 Å². The highest BCUT2D eigenvalue weighted by molar-refractivity contribution is 8.16. The van der Waals surface area contributed by atoms with E-state index < -0.39 is 20.6 Å². The summed E-state index contributed by atoms with van der Waals surface area (Å²) in [5.74, 6) is 0.272. The predicted octanol–water partition coefficient (Wildman–Crippen LogP) is 3.95. The van der Waals surface area contributed by atoms with E-state index in [1.54, 1.807) is 18.2 Å². The molecule has 1 unspecified atom stereocenters. The summed E-state index contributed by atoms with van der Waals surface area (Å²) in [5.41, 5.74) is -0.582. The van der Waals surface area contributed by atoms with Crippen molar-refractivity contribution in [1.29, 1.82) is 0 Å². The van der Waals surface area contributed by atoms with Gasteiger partial charge in [-0.15, -0.1) is 10.5 Å². The number of anilines is 1. The van der Waals surface area contributed by atoms with E-state index in [1.165, 1.54) is 12.1 Å². The van der Waals surface area contributed by atoms with Gasteiger partial charge in [-0.2, -0.15) is 0 Å². The lowest BCUT2D eigenvalue weighted by molar-refractivity contribution is -0.117. The highest BCUT2D eigenvalue weighted by Crippen LogP contribution is 2.40. The quantitative estimate of drug-likeness (QED) is 0.744. The maximum atomic E-state index is 13.2. The second-order valence-electron chi connectivity index (χ2n) is 7.11. The molecule has 0 spiro atoms. The highest BCUT2D eigenvalue weighted by Gasteiger charge is 2.33. The topological polar surface area (TPSA) is 75.4 Å². The van der Waals surface area contributed by atoms with E-state index in [0.717, 1.165) is 4.90 Å². The molecule has 5 nitrogen and oxygen atoms in total. The van der Waals surface area contributed by atoms with Gasteiger partial charge in [-0.1, -0.05) is 24.4 Å². The Hall–Kier alpha value is -1.99. The van der Waals surface area contributed by atoms with Crippen molar-refractivity contribution in [2.75, 3.05) is 11.9 Å². The van der Waals surface area contributed by atoms with E-state index in [9.17, 15) is 14.3 Å². The molecule has 0 aliphatic rings. The SMILES string of the molecule is CC=S(c1ccc(F)cc1)C(C)(C)C(=O)Nc1cc(C(C)(C)CO)on1. The Morgan fingerprint density at radius 2 is 1.92 bits per heavy atom. The van der Waals surface area contributed by atoms with Crippen LogP contribution in [0.25, 0.3) is 0 Å². The molecule has 1 atom stereocenters. The Labute approximate surface area is 155 Å². The molecule has 2 N–H and O–H groups in total. The lowest BCUT2D eigenvalue weighted by Gasteiger charge is -2.28. The van der Waals surface area contributed by atoms with E-state index in [0.29, 0.717) is 11.6 Å². The zero-order chi connectivity index (χ0) is 19.5. The molecule has 1 amide bonds. The molecule has 0 saturated heterocycles. The summed E-state index contributed by atoms with van der Waals surface area (Å²) in [4.78, 5) is 13.8. The zero-order valence-corrected chi connectivity index (χ0v) is 16.5. The Kier molecular flexibility index (Phi) is 6.03. The lowest BCUT2D eigenvalue weighted by Crippen LogP contribution is -2.35. The van der Waals surface area contributed by atoms with Crippen molar-refractivity contribution in [3.63, 3.8) is 0 Å². The molecule has 2 rings (SSSR count). The number of nitrogens with one attached hydrogen (secondary N) is 1. The number of benzene rings is 1. The Morgan fingerprint density at radius 3 is 2.46 bits per heavy atom.